The highest BCUT2D eigenvalue weighted by Gasteiger charge is 2.30. The Morgan fingerprint density at radius 1 is 1.12 bits per heavy atom. The Bertz CT molecular complexity index is 1540. The van der Waals surface area contributed by atoms with Gasteiger partial charge in [-0.1, -0.05) is 46.3 Å². The van der Waals surface area contributed by atoms with Crippen LogP contribution in [0.3, 0.4) is 0 Å². The Labute approximate surface area is 243 Å². The number of allylic oxidation sites excluding steroid dienone is 1. The number of pyridine rings is 1. The van der Waals surface area contributed by atoms with Crippen molar-refractivity contribution in [3.63, 3.8) is 0 Å². The number of halogens is 1. The molecule has 0 bridgehead atoms. The molecule has 0 saturated carbocycles. The third kappa shape index (κ3) is 5.43. The number of carbonyl (C=O) groups is 1. The van der Waals surface area contributed by atoms with Crippen LogP contribution in [0, 0.1) is 0 Å². The second-order valence-corrected chi connectivity index (χ2v) is 10.9. The molecule has 206 valence electrons. The molecule has 0 spiro atoms. The molecular formula is C32H33BrN4O3. The van der Waals surface area contributed by atoms with Crippen molar-refractivity contribution in [3.8, 4) is 28.3 Å². The van der Waals surface area contributed by atoms with E-state index in [0.717, 1.165) is 88.5 Å². The summed E-state index contributed by atoms with van der Waals surface area (Å²) >= 11 is 3.37. The van der Waals surface area contributed by atoms with Crippen LogP contribution >= 0.6 is 15.9 Å². The molecule has 0 N–H and O–H groups in total. The van der Waals surface area contributed by atoms with Crippen molar-refractivity contribution in [2.75, 3.05) is 31.7 Å². The maximum Gasteiger partial charge on any atom is 0.219 e. The number of nitrogens with zero attached hydrogens (tertiary/aromatic N) is 4. The van der Waals surface area contributed by atoms with E-state index in [9.17, 15) is 4.79 Å². The molecule has 2 aliphatic heterocycles. The van der Waals surface area contributed by atoms with Crippen molar-refractivity contribution in [1.82, 2.24) is 19.4 Å². The molecule has 2 aliphatic rings. The lowest BCUT2D eigenvalue weighted by Gasteiger charge is -2.30. The van der Waals surface area contributed by atoms with E-state index in [2.05, 4.69) is 44.8 Å². The number of hydrogen-bond donors (Lipinski definition) is 0. The van der Waals surface area contributed by atoms with Gasteiger partial charge in [-0.15, -0.1) is 0 Å². The summed E-state index contributed by atoms with van der Waals surface area (Å²) in [6.07, 6.45) is 7.92. The van der Waals surface area contributed by atoms with E-state index in [1.165, 1.54) is 0 Å². The second-order valence-electron chi connectivity index (χ2n) is 10.3. The van der Waals surface area contributed by atoms with Gasteiger partial charge in [0.05, 0.1) is 23.6 Å². The van der Waals surface area contributed by atoms with Gasteiger partial charge in [-0.05, 0) is 48.6 Å². The molecule has 4 heterocycles. The average Bonchev–Trinajstić information content (AvgIpc) is 3.38. The van der Waals surface area contributed by atoms with E-state index in [1.54, 1.807) is 6.92 Å². The monoisotopic (exact) mass is 600 g/mol. The van der Waals surface area contributed by atoms with Gasteiger partial charge in [-0.2, -0.15) is 0 Å². The summed E-state index contributed by atoms with van der Waals surface area (Å²) in [5.41, 5.74) is 5.08. The molecule has 0 unspecified atom stereocenters. The number of benzene rings is 2. The lowest BCUT2D eigenvalue weighted by Crippen LogP contribution is -2.37. The molecule has 0 radical (unpaired) electrons. The van der Waals surface area contributed by atoms with E-state index in [1.807, 2.05) is 47.5 Å². The Morgan fingerprint density at radius 2 is 1.95 bits per heavy atom. The first-order valence-corrected chi connectivity index (χ1v) is 15.0. The summed E-state index contributed by atoms with van der Waals surface area (Å²) < 4.78 is 13.8. The number of alkyl halides is 1. The zero-order chi connectivity index (χ0) is 27.5. The third-order valence-corrected chi connectivity index (χ3v) is 8.21. The van der Waals surface area contributed by atoms with E-state index in [0.29, 0.717) is 25.6 Å². The Hall–Kier alpha value is -3.49. The summed E-state index contributed by atoms with van der Waals surface area (Å²) in [7, 11) is 0. The van der Waals surface area contributed by atoms with Crippen molar-refractivity contribution < 1.29 is 14.3 Å². The van der Waals surface area contributed by atoms with Gasteiger partial charge in [-0.3, -0.25) is 9.78 Å². The summed E-state index contributed by atoms with van der Waals surface area (Å²) in [5, 5.41) is 2.99. The minimum Gasteiger partial charge on any atom is -0.490 e. The fourth-order valence-corrected chi connectivity index (χ4v) is 5.95. The van der Waals surface area contributed by atoms with Gasteiger partial charge in [-0.25, -0.2) is 4.98 Å². The van der Waals surface area contributed by atoms with Crippen molar-refractivity contribution in [1.29, 1.82) is 0 Å². The zero-order valence-electron chi connectivity index (χ0n) is 22.7. The number of hydrogen-bond acceptors (Lipinski definition) is 5. The summed E-state index contributed by atoms with van der Waals surface area (Å²) in [6, 6.07) is 16.5. The smallest absolute Gasteiger partial charge is 0.219 e. The quantitative estimate of drug-likeness (QED) is 0.182. The predicted molar refractivity (Wildman–Crippen MR) is 161 cm³/mol. The average molecular weight is 602 g/mol. The van der Waals surface area contributed by atoms with E-state index >= 15 is 0 Å². The van der Waals surface area contributed by atoms with E-state index < -0.39 is 0 Å². The zero-order valence-corrected chi connectivity index (χ0v) is 24.3. The molecule has 4 aromatic rings. The van der Waals surface area contributed by atoms with E-state index in [4.69, 9.17) is 19.4 Å². The topological polar surface area (TPSA) is 69.5 Å². The second kappa shape index (κ2) is 11.9. The van der Waals surface area contributed by atoms with Gasteiger partial charge in [0.15, 0.2) is 0 Å². The van der Waals surface area contributed by atoms with Crippen LogP contribution in [-0.4, -0.2) is 57.0 Å². The van der Waals surface area contributed by atoms with Gasteiger partial charge >= 0.3 is 0 Å². The van der Waals surface area contributed by atoms with Gasteiger partial charge in [0, 0.05) is 67.2 Å². The largest absolute Gasteiger partial charge is 0.490 e. The van der Waals surface area contributed by atoms with E-state index in [-0.39, 0.29) is 5.91 Å². The number of imidazole rings is 1. The normalized spacial score (nSPS) is 16.0. The van der Waals surface area contributed by atoms with Crippen LogP contribution in [0.5, 0.6) is 5.75 Å². The predicted octanol–water partition coefficient (Wildman–Crippen LogP) is 6.35. The Kier molecular flexibility index (Phi) is 7.98. The third-order valence-electron chi connectivity index (χ3n) is 7.84. The highest BCUT2D eigenvalue weighted by Crippen LogP contribution is 2.37. The number of ether oxygens (including phenoxy) is 2. The minimum atomic E-state index is 0.0991. The van der Waals surface area contributed by atoms with Crippen LogP contribution in [0.4, 0.5) is 0 Å². The highest BCUT2D eigenvalue weighted by atomic mass is 79.9. The molecule has 8 heteroatoms. The van der Waals surface area contributed by atoms with Crippen LogP contribution in [0.25, 0.3) is 33.3 Å². The molecule has 1 saturated heterocycles. The number of rotatable bonds is 7. The van der Waals surface area contributed by atoms with Crippen molar-refractivity contribution in [2.24, 2.45) is 0 Å². The molecule has 1 amide bonds. The molecule has 1 fully saturated rings. The first-order valence-electron chi connectivity index (χ1n) is 13.9. The molecule has 2 aromatic carbocycles. The lowest BCUT2D eigenvalue weighted by molar-refractivity contribution is -0.130. The van der Waals surface area contributed by atoms with Crippen LogP contribution in [0.15, 0.2) is 66.9 Å². The standard InChI is InChI=1S/C32H33BrN4O3/c1-22(38)36-14-15-37-30(21-36)31(35-32(37)24-11-17-39-18-12-24)27-6-4-5-25-19-29(34-20-28(25)27)23-7-9-26(10-8-23)40-16-3-2-13-33/h2-10,19-20,24H,11-18,21H2,1H3/b3-2+. The molecule has 0 atom stereocenters. The van der Waals surface area contributed by atoms with Gasteiger partial charge in [0.2, 0.25) is 5.91 Å². The first kappa shape index (κ1) is 26.7. The molecule has 7 nitrogen and oxygen atoms in total. The Morgan fingerprint density at radius 3 is 2.73 bits per heavy atom. The number of fused-ring (bicyclic) bond motifs is 2. The van der Waals surface area contributed by atoms with Crippen LogP contribution in [0.1, 0.15) is 37.2 Å². The number of aromatic nitrogens is 3. The van der Waals surface area contributed by atoms with Crippen molar-refractivity contribution in [2.45, 2.75) is 38.8 Å². The molecule has 40 heavy (non-hydrogen) atoms. The van der Waals surface area contributed by atoms with Gasteiger partial charge in [0.1, 0.15) is 18.2 Å². The van der Waals surface area contributed by atoms with Crippen molar-refractivity contribution in [3.05, 3.63) is 78.4 Å². The SMILES string of the molecule is CC(=O)N1CCn2c(C3CCOCC3)nc(-c3cccc4cc(-c5ccc(OC/C=C/CBr)cc5)ncc34)c2C1. The molecular weight excluding hydrogens is 568 g/mol. The minimum absolute atomic E-state index is 0.0991. The van der Waals surface area contributed by atoms with Gasteiger partial charge in [0.25, 0.3) is 0 Å². The van der Waals surface area contributed by atoms with Gasteiger partial charge < -0.3 is 18.9 Å². The van der Waals surface area contributed by atoms with Crippen LogP contribution in [-0.2, 0) is 22.6 Å². The first-order chi connectivity index (χ1) is 19.6. The van der Waals surface area contributed by atoms with Crippen LogP contribution < -0.4 is 4.74 Å². The lowest BCUT2D eigenvalue weighted by atomic mass is 9.99. The molecule has 0 aliphatic carbocycles. The van der Waals surface area contributed by atoms with Crippen LogP contribution in [0.2, 0.25) is 0 Å². The fraction of sp³-hybridized carbons (Fsp3) is 0.344. The Balaban J connectivity index is 1.35. The maximum absolute atomic E-state index is 12.3. The molecule has 2 aromatic heterocycles. The fourth-order valence-electron chi connectivity index (χ4n) is 5.68. The van der Waals surface area contributed by atoms with Crippen molar-refractivity contribution >= 4 is 32.6 Å². The highest BCUT2D eigenvalue weighted by molar-refractivity contribution is 9.09. The summed E-state index contributed by atoms with van der Waals surface area (Å²) in [4.78, 5) is 24.4. The molecule has 6 rings (SSSR count). The summed E-state index contributed by atoms with van der Waals surface area (Å²) in [5.74, 6) is 2.43. The number of amides is 1. The number of carbonyl (C=O) groups excluding carboxylic acids is 1. The summed E-state index contributed by atoms with van der Waals surface area (Å²) in [6.45, 7) is 5.78. The maximum atomic E-state index is 12.3.